The Balaban J connectivity index is 1.99. The fourth-order valence-corrected chi connectivity index (χ4v) is 3.29. The highest BCUT2D eigenvalue weighted by atomic mass is 32.2. The van der Waals surface area contributed by atoms with Crippen LogP contribution < -0.4 is 14.9 Å². The Morgan fingerprint density at radius 3 is 1.96 bits per heavy atom. The van der Waals surface area contributed by atoms with Gasteiger partial charge in [0.2, 0.25) is 21.8 Å². The quantitative estimate of drug-likeness (QED) is 0.756. The number of amides is 2. The molecule has 7 nitrogen and oxygen atoms in total. The van der Waals surface area contributed by atoms with Gasteiger partial charge in [0, 0.05) is 31.3 Å². The maximum Gasteiger partial charge on any atom is 0.232 e. The summed E-state index contributed by atoms with van der Waals surface area (Å²) in [4.78, 5) is 23.1. The Kier molecular flexibility index (Phi) is 6.51. The number of hydrogen-bond donors (Lipinski definition) is 2. The normalized spacial score (nSPS) is 10.9. The average Bonchev–Trinajstić information content (AvgIpc) is 2.57. The Morgan fingerprint density at radius 2 is 1.48 bits per heavy atom. The fourth-order valence-electron chi connectivity index (χ4n) is 2.36. The Labute approximate surface area is 157 Å². The predicted octanol–water partition coefficient (Wildman–Crippen LogP) is 2.58. The lowest BCUT2D eigenvalue weighted by molar-refractivity contribution is -0.116. The van der Waals surface area contributed by atoms with Crippen LogP contribution in [0, 0.1) is 5.82 Å². The summed E-state index contributed by atoms with van der Waals surface area (Å²) in [7, 11) is -3.63. The molecule has 27 heavy (non-hydrogen) atoms. The van der Waals surface area contributed by atoms with Crippen molar-refractivity contribution in [3.8, 4) is 0 Å². The number of carbonyl (C=O) groups is 2. The molecule has 0 spiro atoms. The molecule has 0 saturated heterocycles. The third kappa shape index (κ3) is 6.37. The smallest absolute Gasteiger partial charge is 0.232 e. The van der Waals surface area contributed by atoms with Gasteiger partial charge in [0.15, 0.2) is 0 Å². The van der Waals surface area contributed by atoms with Crippen molar-refractivity contribution >= 4 is 38.9 Å². The molecule has 0 aliphatic carbocycles. The summed E-state index contributed by atoms with van der Waals surface area (Å²) in [6.45, 7) is 1.31. The van der Waals surface area contributed by atoms with Crippen molar-refractivity contribution < 1.29 is 22.4 Å². The lowest BCUT2D eigenvalue weighted by Gasteiger charge is -2.22. The van der Waals surface area contributed by atoms with Crippen LogP contribution in [-0.4, -0.2) is 33.0 Å². The van der Waals surface area contributed by atoms with E-state index in [0.717, 1.165) is 22.7 Å². The van der Waals surface area contributed by atoms with Gasteiger partial charge in [0.1, 0.15) is 5.82 Å². The number of halogens is 1. The topological polar surface area (TPSA) is 95.6 Å². The zero-order valence-electron chi connectivity index (χ0n) is 14.9. The van der Waals surface area contributed by atoms with E-state index < -0.39 is 15.8 Å². The average molecular weight is 393 g/mol. The number of nitrogens with zero attached hydrogens (tertiary/aromatic N) is 1. The van der Waals surface area contributed by atoms with Crippen LogP contribution in [-0.2, 0) is 19.6 Å². The van der Waals surface area contributed by atoms with Crippen LogP contribution in [0.4, 0.5) is 21.5 Å². The van der Waals surface area contributed by atoms with E-state index in [2.05, 4.69) is 10.6 Å². The number of anilines is 3. The van der Waals surface area contributed by atoms with Gasteiger partial charge in [-0.15, -0.1) is 0 Å². The number of hydrogen-bond acceptors (Lipinski definition) is 4. The molecule has 2 aromatic carbocycles. The summed E-state index contributed by atoms with van der Waals surface area (Å²) < 4.78 is 38.1. The van der Waals surface area contributed by atoms with Crippen LogP contribution in [0.3, 0.4) is 0 Å². The van der Waals surface area contributed by atoms with E-state index in [-0.39, 0.29) is 30.5 Å². The highest BCUT2D eigenvalue weighted by Crippen LogP contribution is 2.19. The Hall–Kier alpha value is -2.94. The molecule has 144 valence electrons. The number of carbonyl (C=O) groups excluding carboxylic acids is 2. The van der Waals surface area contributed by atoms with Crippen LogP contribution in [0.5, 0.6) is 0 Å². The summed E-state index contributed by atoms with van der Waals surface area (Å²) in [6, 6.07) is 11.5. The van der Waals surface area contributed by atoms with Gasteiger partial charge in [0.25, 0.3) is 0 Å². The highest BCUT2D eigenvalue weighted by molar-refractivity contribution is 7.92. The molecular weight excluding hydrogens is 373 g/mol. The van der Waals surface area contributed by atoms with Gasteiger partial charge >= 0.3 is 0 Å². The third-order valence-electron chi connectivity index (χ3n) is 3.55. The number of nitrogens with one attached hydrogen (secondary N) is 2. The van der Waals surface area contributed by atoms with Crippen molar-refractivity contribution in [1.29, 1.82) is 0 Å². The minimum absolute atomic E-state index is 0.0831. The van der Waals surface area contributed by atoms with Gasteiger partial charge in [-0.2, -0.15) is 0 Å². The lowest BCUT2D eigenvalue weighted by atomic mass is 10.2. The van der Waals surface area contributed by atoms with Crippen LogP contribution in [0.15, 0.2) is 48.5 Å². The SMILES string of the molecule is CC(=O)Nc1ccc(NC(=O)CCN(c2ccc(F)cc2)S(C)(=O)=O)cc1. The molecule has 2 rings (SSSR count). The first-order valence-electron chi connectivity index (χ1n) is 8.06. The zero-order valence-corrected chi connectivity index (χ0v) is 15.7. The monoisotopic (exact) mass is 393 g/mol. The maximum atomic E-state index is 13.0. The molecule has 0 aromatic heterocycles. The molecule has 0 fully saturated rings. The van der Waals surface area contributed by atoms with Gasteiger partial charge < -0.3 is 10.6 Å². The van der Waals surface area contributed by atoms with E-state index in [9.17, 15) is 22.4 Å². The van der Waals surface area contributed by atoms with E-state index in [4.69, 9.17) is 0 Å². The highest BCUT2D eigenvalue weighted by Gasteiger charge is 2.18. The Morgan fingerprint density at radius 1 is 0.963 bits per heavy atom. The van der Waals surface area contributed by atoms with E-state index in [1.807, 2.05) is 0 Å². The van der Waals surface area contributed by atoms with Gasteiger partial charge in [-0.25, -0.2) is 12.8 Å². The standard InChI is InChI=1S/C18H20FN3O4S/c1-13(23)20-15-5-7-16(8-6-15)21-18(24)11-12-22(27(2,25)26)17-9-3-14(19)4-10-17/h3-10H,11-12H2,1-2H3,(H,20,23)(H,21,24). The van der Waals surface area contributed by atoms with E-state index in [1.165, 1.54) is 19.1 Å². The van der Waals surface area contributed by atoms with Crippen molar-refractivity contribution in [1.82, 2.24) is 0 Å². The summed E-state index contributed by atoms with van der Waals surface area (Å²) in [5, 5.41) is 5.27. The molecule has 2 N–H and O–H groups in total. The molecule has 2 aromatic rings. The van der Waals surface area contributed by atoms with Gasteiger partial charge in [-0.05, 0) is 48.5 Å². The summed E-state index contributed by atoms with van der Waals surface area (Å²) >= 11 is 0. The molecule has 2 amide bonds. The van der Waals surface area contributed by atoms with Crippen molar-refractivity contribution in [2.75, 3.05) is 27.7 Å². The number of rotatable bonds is 7. The molecule has 9 heteroatoms. The number of benzene rings is 2. The molecular formula is C18H20FN3O4S. The third-order valence-corrected chi connectivity index (χ3v) is 4.74. The fraction of sp³-hybridized carbons (Fsp3) is 0.222. The van der Waals surface area contributed by atoms with Crippen molar-refractivity contribution in [3.63, 3.8) is 0 Å². The first kappa shape index (κ1) is 20.4. The van der Waals surface area contributed by atoms with E-state index >= 15 is 0 Å². The van der Waals surface area contributed by atoms with Crippen molar-refractivity contribution in [3.05, 3.63) is 54.3 Å². The first-order valence-corrected chi connectivity index (χ1v) is 9.91. The van der Waals surface area contributed by atoms with Crippen LogP contribution in [0.25, 0.3) is 0 Å². The van der Waals surface area contributed by atoms with Gasteiger partial charge in [-0.1, -0.05) is 0 Å². The summed E-state index contributed by atoms with van der Waals surface area (Å²) in [5.74, 6) is -1.06. The summed E-state index contributed by atoms with van der Waals surface area (Å²) in [6.07, 6.45) is 0.937. The van der Waals surface area contributed by atoms with Gasteiger partial charge in [0.05, 0.1) is 11.9 Å². The summed E-state index contributed by atoms with van der Waals surface area (Å²) in [5.41, 5.74) is 1.40. The maximum absolute atomic E-state index is 13.0. The molecule has 0 heterocycles. The molecule has 0 radical (unpaired) electrons. The zero-order chi connectivity index (χ0) is 20.0. The van der Waals surface area contributed by atoms with Crippen LogP contribution in [0.1, 0.15) is 13.3 Å². The van der Waals surface area contributed by atoms with Crippen LogP contribution in [0.2, 0.25) is 0 Å². The lowest BCUT2D eigenvalue weighted by Crippen LogP contribution is -2.33. The molecule has 0 atom stereocenters. The minimum Gasteiger partial charge on any atom is -0.326 e. The van der Waals surface area contributed by atoms with E-state index in [0.29, 0.717) is 11.4 Å². The minimum atomic E-state index is -3.63. The predicted molar refractivity (Wildman–Crippen MR) is 103 cm³/mol. The second kappa shape index (κ2) is 8.63. The second-order valence-corrected chi connectivity index (χ2v) is 7.78. The van der Waals surface area contributed by atoms with Crippen LogP contribution >= 0.6 is 0 Å². The molecule has 0 aliphatic heterocycles. The van der Waals surface area contributed by atoms with Crippen molar-refractivity contribution in [2.24, 2.45) is 0 Å². The molecule has 0 saturated carbocycles. The second-order valence-electron chi connectivity index (χ2n) is 5.87. The molecule has 0 aliphatic rings. The van der Waals surface area contributed by atoms with E-state index in [1.54, 1.807) is 24.3 Å². The van der Waals surface area contributed by atoms with Gasteiger partial charge in [-0.3, -0.25) is 13.9 Å². The molecule has 0 unspecified atom stereocenters. The largest absolute Gasteiger partial charge is 0.326 e. The number of sulfonamides is 1. The Bertz CT molecular complexity index is 913. The first-order chi connectivity index (χ1) is 12.6. The molecule has 0 bridgehead atoms. The van der Waals surface area contributed by atoms with Crippen molar-refractivity contribution in [2.45, 2.75) is 13.3 Å².